The second-order valence-electron chi connectivity index (χ2n) is 15.1. The summed E-state index contributed by atoms with van der Waals surface area (Å²) < 4.78 is 0. The van der Waals surface area contributed by atoms with Gasteiger partial charge in [0.05, 0.1) is 18.2 Å². The lowest BCUT2D eigenvalue weighted by Crippen LogP contribution is -2.58. The SMILES string of the molecule is C#CCCC(=O)C(CCC1(C)N=N1)NC(=O)CCC(C)C1CCC2C3CCC4CC(O)CCC4(C)C3CC(O)C12C. The summed E-state index contributed by atoms with van der Waals surface area (Å²) in [6, 6.07) is -0.545. The van der Waals surface area contributed by atoms with Gasteiger partial charge in [-0.05, 0) is 124 Å². The van der Waals surface area contributed by atoms with Gasteiger partial charge in [0.2, 0.25) is 5.91 Å². The minimum Gasteiger partial charge on any atom is -0.393 e. The zero-order chi connectivity index (χ0) is 29.6. The van der Waals surface area contributed by atoms with Gasteiger partial charge in [-0.1, -0.05) is 20.8 Å². The summed E-state index contributed by atoms with van der Waals surface area (Å²) >= 11 is 0. The molecule has 0 spiro atoms. The molecule has 0 aromatic rings. The Hall–Kier alpha value is -1.78. The predicted molar refractivity (Wildman–Crippen MR) is 159 cm³/mol. The van der Waals surface area contributed by atoms with Crippen LogP contribution < -0.4 is 5.32 Å². The van der Waals surface area contributed by atoms with Gasteiger partial charge in [-0.25, -0.2) is 0 Å². The number of terminal acetylenes is 1. The smallest absolute Gasteiger partial charge is 0.220 e. The van der Waals surface area contributed by atoms with E-state index in [4.69, 9.17) is 6.42 Å². The Bertz CT molecular complexity index is 1060. The third-order valence-electron chi connectivity index (χ3n) is 12.9. The molecule has 3 N–H and O–H groups in total. The summed E-state index contributed by atoms with van der Waals surface area (Å²) in [4.78, 5) is 25.9. The number of hydrogen-bond acceptors (Lipinski definition) is 6. The topological polar surface area (TPSA) is 111 Å². The second kappa shape index (κ2) is 11.7. The third kappa shape index (κ3) is 5.90. The Kier molecular flexibility index (Phi) is 8.77. The van der Waals surface area contributed by atoms with E-state index in [9.17, 15) is 19.8 Å². The lowest BCUT2D eigenvalue weighted by Gasteiger charge is -2.62. The summed E-state index contributed by atoms with van der Waals surface area (Å²) in [5.41, 5.74) is -0.290. The van der Waals surface area contributed by atoms with Crippen LogP contribution in [0.5, 0.6) is 0 Å². The van der Waals surface area contributed by atoms with Crippen molar-refractivity contribution >= 4 is 11.7 Å². The van der Waals surface area contributed by atoms with Crippen molar-refractivity contribution in [3.8, 4) is 12.3 Å². The number of carbonyl (C=O) groups is 2. The van der Waals surface area contributed by atoms with Crippen molar-refractivity contribution in [1.29, 1.82) is 0 Å². The molecule has 11 atom stereocenters. The number of rotatable bonds is 11. The van der Waals surface area contributed by atoms with Crippen LogP contribution in [0.4, 0.5) is 0 Å². The van der Waals surface area contributed by atoms with Crippen LogP contribution in [0.1, 0.15) is 118 Å². The first kappa shape index (κ1) is 30.7. The summed E-state index contributed by atoms with van der Waals surface area (Å²) in [6.45, 7) is 9.00. The van der Waals surface area contributed by atoms with Crippen molar-refractivity contribution in [2.24, 2.45) is 56.6 Å². The molecule has 0 saturated heterocycles. The molecule has 1 aliphatic heterocycles. The lowest BCUT2D eigenvalue weighted by atomic mass is 9.43. The molecule has 7 heteroatoms. The second-order valence-corrected chi connectivity index (χ2v) is 15.1. The molecular formula is C34H53N3O4. The molecule has 1 amide bonds. The van der Waals surface area contributed by atoms with Gasteiger partial charge in [0.25, 0.3) is 0 Å². The van der Waals surface area contributed by atoms with E-state index in [0.29, 0.717) is 61.2 Å². The Balaban J connectivity index is 1.19. The van der Waals surface area contributed by atoms with E-state index in [2.05, 4.69) is 42.2 Å². The molecule has 4 aliphatic carbocycles. The van der Waals surface area contributed by atoms with Gasteiger partial charge in [0.15, 0.2) is 11.4 Å². The highest BCUT2D eigenvalue weighted by Crippen LogP contribution is 2.68. The zero-order valence-corrected chi connectivity index (χ0v) is 25.8. The normalized spacial score (nSPS) is 41.7. The monoisotopic (exact) mass is 567 g/mol. The molecule has 5 aliphatic rings. The number of hydrogen-bond donors (Lipinski definition) is 3. The zero-order valence-electron chi connectivity index (χ0n) is 25.8. The number of aliphatic hydroxyl groups excluding tert-OH is 2. The standard InChI is InChI=1S/C34H53N3O4/c1-6-7-8-29(39)28(16-18-33(4)36-37-33)35-31(41)14-9-21(2)25-12-13-26-24-11-10-22-19-23(38)15-17-32(22,3)27(24)20-30(40)34(25,26)5/h1,21-28,30,38,40H,7-20H2,2-5H3,(H,35,41). The summed E-state index contributed by atoms with van der Waals surface area (Å²) in [5, 5.41) is 33.3. The lowest BCUT2D eigenvalue weighted by molar-refractivity contribution is -0.175. The number of carbonyl (C=O) groups excluding carboxylic acids is 2. The number of Topliss-reactive ketones (excluding diaryl/α,β-unsaturated/α-hetero) is 1. The molecule has 0 aromatic carbocycles. The first-order valence-corrected chi connectivity index (χ1v) is 16.5. The predicted octanol–water partition coefficient (Wildman–Crippen LogP) is 5.82. The van der Waals surface area contributed by atoms with E-state index < -0.39 is 11.7 Å². The maximum absolute atomic E-state index is 13.1. The van der Waals surface area contributed by atoms with E-state index in [1.807, 2.05) is 6.92 Å². The van der Waals surface area contributed by atoms with Crippen LogP contribution in [0.2, 0.25) is 0 Å². The van der Waals surface area contributed by atoms with E-state index in [-0.39, 0.29) is 41.1 Å². The Morgan fingerprint density at radius 2 is 1.76 bits per heavy atom. The molecule has 7 nitrogen and oxygen atoms in total. The van der Waals surface area contributed by atoms with Crippen LogP contribution >= 0.6 is 0 Å². The minimum atomic E-state index is -0.545. The highest BCUT2D eigenvalue weighted by atomic mass is 16.3. The number of nitrogens with zero attached hydrogens (tertiary/aromatic N) is 2. The van der Waals surface area contributed by atoms with Gasteiger partial charge < -0.3 is 15.5 Å². The van der Waals surface area contributed by atoms with Gasteiger partial charge in [-0.15, -0.1) is 12.3 Å². The summed E-state index contributed by atoms with van der Waals surface area (Å²) in [7, 11) is 0. The molecule has 41 heavy (non-hydrogen) atoms. The first-order chi connectivity index (χ1) is 19.4. The average Bonchev–Trinajstić information content (AvgIpc) is 3.56. The van der Waals surface area contributed by atoms with Crippen LogP contribution in [0.25, 0.3) is 0 Å². The van der Waals surface area contributed by atoms with Gasteiger partial charge >= 0.3 is 0 Å². The van der Waals surface area contributed by atoms with Crippen molar-refractivity contribution in [2.45, 2.75) is 141 Å². The molecule has 0 bridgehead atoms. The maximum atomic E-state index is 13.1. The molecule has 0 aromatic heterocycles. The van der Waals surface area contributed by atoms with Crippen LogP contribution in [-0.2, 0) is 9.59 Å². The van der Waals surface area contributed by atoms with Crippen LogP contribution in [-0.4, -0.2) is 45.8 Å². The van der Waals surface area contributed by atoms with Crippen molar-refractivity contribution in [2.75, 3.05) is 0 Å². The molecule has 1 heterocycles. The number of ketones is 1. The van der Waals surface area contributed by atoms with E-state index in [1.54, 1.807) is 0 Å². The first-order valence-electron chi connectivity index (χ1n) is 16.5. The maximum Gasteiger partial charge on any atom is 0.220 e. The van der Waals surface area contributed by atoms with E-state index >= 15 is 0 Å². The largest absolute Gasteiger partial charge is 0.393 e. The summed E-state index contributed by atoms with van der Waals surface area (Å²) in [6.07, 6.45) is 16.3. The highest BCUT2D eigenvalue weighted by Gasteiger charge is 2.63. The number of aliphatic hydroxyl groups is 2. The molecule has 11 unspecified atom stereocenters. The Morgan fingerprint density at radius 3 is 2.46 bits per heavy atom. The average molecular weight is 568 g/mol. The molecule has 4 saturated carbocycles. The summed E-state index contributed by atoms with van der Waals surface area (Å²) in [5.74, 6) is 5.44. The van der Waals surface area contributed by atoms with Gasteiger partial charge in [0, 0.05) is 19.3 Å². The fourth-order valence-corrected chi connectivity index (χ4v) is 10.3. The van der Waals surface area contributed by atoms with Crippen LogP contribution in [0, 0.1) is 58.7 Å². The van der Waals surface area contributed by atoms with Gasteiger partial charge in [0.1, 0.15) is 0 Å². The molecule has 0 radical (unpaired) electrons. The van der Waals surface area contributed by atoms with Crippen molar-refractivity contribution in [1.82, 2.24) is 5.32 Å². The fourth-order valence-electron chi connectivity index (χ4n) is 10.3. The highest BCUT2D eigenvalue weighted by molar-refractivity contribution is 5.89. The minimum absolute atomic E-state index is 0.0180. The fraction of sp³-hybridized carbons (Fsp3) is 0.882. The Morgan fingerprint density at radius 1 is 1.00 bits per heavy atom. The van der Waals surface area contributed by atoms with Gasteiger partial charge in [-0.3, -0.25) is 9.59 Å². The molecular weight excluding hydrogens is 514 g/mol. The quantitative estimate of drug-likeness (QED) is 0.273. The van der Waals surface area contributed by atoms with Crippen LogP contribution in [0.15, 0.2) is 10.2 Å². The molecule has 5 rings (SSSR count). The Labute approximate surface area is 247 Å². The van der Waals surface area contributed by atoms with Crippen LogP contribution in [0.3, 0.4) is 0 Å². The van der Waals surface area contributed by atoms with Gasteiger partial charge in [-0.2, -0.15) is 10.2 Å². The van der Waals surface area contributed by atoms with Crippen molar-refractivity contribution in [3.63, 3.8) is 0 Å². The van der Waals surface area contributed by atoms with E-state index in [1.165, 1.54) is 19.3 Å². The van der Waals surface area contributed by atoms with Crippen molar-refractivity contribution in [3.05, 3.63) is 0 Å². The van der Waals surface area contributed by atoms with E-state index in [0.717, 1.165) is 38.5 Å². The number of nitrogens with one attached hydrogen (secondary N) is 1. The van der Waals surface area contributed by atoms with Crippen molar-refractivity contribution < 1.29 is 19.8 Å². The third-order valence-corrected chi connectivity index (χ3v) is 12.9. The molecule has 228 valence electrons. The number of fused-ring (bicyclic) bond motifs is 5. The number of amides is 1. The molecule has 4 fully saturated rings.